The van der Waals surface area contributed by atoms with E-state index in [4.69, 9.17) is 5.73 Å². The first-order valence-electron chi connectivity index (χ1n) is 6.22. The largest absolute Gasteiger partial charge is 0.396 e. The van der Waals surface area contributed by atoms with Crippen LogP contribution in [0.2, 0.25) is 0 Å². The van der Waals surface area contributed by atoms with Crippen molar-refractivity contribution in [1.82, 2.24) is 0 Å². The van der Waals surface area contributed by atoms with Crippen molar-refractivity contribution in [2.75, 3.05) is 11.1 Å². The average Bonchev–Trinajstić information content (AvgIpc) is 2.96. The topological polar surface area (TPSA) is 55.1 Å². The highest BCUT2D eigenvalue weighted by Gasteiger charge is 2.19. The fraction of sp³-hybridized carbons (Fsp3) is 0.214. The van der Waals surface area contributed by atoms with Gasteiger partial charge in [-0.1, -0.05) is 0 Å². The summed E-state index contributed by atoms with van der Waals surface area (Å²) in [7, 11) is 0. The van der Waals surface area contributed by atoms with Crippen molar-refractivity contribution in [2.45, 2.75) is 19.3 Å². The van der Waals surface area contributed by atoms with Crippen LogP contribution in [-0.4, -0.2) is 5.91 Å². The Morgan fingerprint density at radius 1 is 1.20 bits per heavy atom. The van der Waals surface area contributed by atoms with Crippen LogP contribution >= 0.6 is 11.3 Å². The maximum Gasteiger partial charge on any atom is 0.265 e. The molecule has 0 fully saturated rings. The number of nitrogens with one attached hydrogen (secondary N) is 1. The molecule has 0 saturated heterocycles. The maximum atomic E-state index is 13.6. The number of benzene rings is 1. The van der Waals surface area contributed by atoms with E-state index in [-0.39, 0.29) is 11.4 Å². The predicted molar refractivity (Wildman–Crippen MR) is 75.1 cm³/mol. The molecule has 0 bridgehead atoms. The molecule has 0 radical (unpaired) electrons. The Kier molecular flexibility index (Phi) is 3.17. The Hall–Kier alpha value is -1.95. The van der Waals surface area contributed by atoms with Crippen molar-refractivity contribution < 1.29 is 13.6 Å². The summed E-state index contributed by atoms with van der Waals surface area (Å²) >= 11 is 1.42. The van der Waals surface area contributed by atoms with Gasteiger partial charge in [0.05, 0.1) is 16.3 Å². The van der Waals surface area contributed by atoms with Gasteiger partial charge in [0.15, 0.2) is 0 Å². The highest BCUT2D eigenvalue weighted by molar-refractivity contribution is 7.14. The minimum Gasteiger partial charge on any atom is -0.396 e. The zero-order chi connectivity index (χ0) is 14.3. The van der Waals surface area contributed by atoms with Crippen LogP contribution in [0, 0.1) is 11.6 Å². The number of amides is 1. The number of anilines is 2. The van der Waals surface area contributed by atoms with Gasteiger partial charge < -0.3 is 11.1 Å². The Morgan fingerprint density at radius 3 is 2.75 bits per heavy atom. The minimum absolute atomic E-state index is 0.109. The molecular weight excluding hydrogens is 282 g/mol. The third-order valence-corrected chi connectivity index (χ3v) is 4.54. The second-order valence-corrected chi connectivity index (χ2v) is 5.86. The molecule has 1 aliphatic rings. The zero-order valence-corrected chi connectivity index (χ0v) is 11.3. The smallest absolute Gasteiger partial charge is 0.265 e. The number of carbonyl (C=O) groups is 1. The molecule has 1 aliphatic carbocycles. The summed E-state index contributed by atoms with van der Waals surface area (Å²) in [6, 6.07) is 3.59. The van der Waals surface area contributed by atoms with Gasteiger partial charge in [-0.15, -0.1) is 11.3 Å². The number of carbonyl (C=O) groups excluding carboxylic acids is 1. The van der Waals surface area contributed by atoms with E-state index >= 15 is 0 Å². The van der Waals surface area contributed by atoms with Crippen LogP contribution in [0.4, 0.5) is 20.2 Å². The third kappa shape index (κ3) is 2.27. The van der Waals surface area contributed by atoms with E-state index in [2.05, 4.69) is 5.32 Å². The summed E-state index contributed by atoms with van der Waals surface area (Å²) in [5.41, 5.74) is 6.26. The molecule has 104 valence electrons. The fourth-order valence-corrected chi connectivity index (χ4v) is 3.44. The van der Waals surface area contributed by atoms with Gasteiger partial charge in [-0.25, -0.2) is 8.78 Å². The molecule has 20 heavy (non-hydrogen) atoms. The van der Waals surface area contributed by atoms with Crippen LogP contribution in [0.1, 0.15) is 26.5 Å². The predicted octanol–water partition coefficient (Wildman–Crippen LogP) is 3.35. The van der Waals surface area contributed by atoms with Crippen molar-refractivity contribution in [3.05, 3.63) is 45.2 Å². The summed E-state index contributed by atoms with van der Waals surface area (Å²) in [4.78, 5) is 13.8. The molecule has 0 atom stereocenters. The lowest BCUT2D eigenvalue weighted by molar-refractivity contribution is 0.103. The summed E-state index contributed by atoms with van der Waals surface area (Å²) in [6.45, 7) is 0. The van der Waals surface area contributed by atoms with Crippen molar-refractivity contribution in [2.24, 2.45) is 0 Å². The zero-order valence-electron chi connectivity index (χ0n) is 10.5. The molecule has 3 nitrogen and oxygen atoms in total. The number of nitrogen functional groups attached to an aromatic ring is 1. The SMILES string of the molecule is Nc1cc(NC(=O)c2cc3c(s2)CCC3)c(F)cc1F. The monoisotopic (exact) mass is 294 g/mol. The summed E-state index contributed by atoms with van der Waals surface area (Å²) in [6.07, 6.45) is 3.09. The normalized spacial score (nSPS) is 13.3. The fourth-order valence-electron chi connectivity index (χ4n) is 2.29. The molecule has 0 spiro atoms. The highest BCUT2D eigenvalue weighted by Crippen LogP contribution is 2.31. The van der Waals surface area contributed by atoms with Gasteiger partial charge >= 0.3 is 0 Å². The van der Waals surface area contributed by atoms with Gasteiger partial charge in [0, 0.05) is 10.9 Å². The average molecular weight is 294 g/mol. The number of hydrogen-bond donors (Lipinski definition) is 2. The van der Waals surface area contributed by atoms with Gasteiger partial charge in [-0.3, -0.25) is 4.79 Å². The number of thiophene rings is 1. The molecule has 2 aromatic rings. The van der Waals surface area contributed by atoms with Gasteiger partial charge in [0.1, 0.15) is 11.6 Å². The molecular formula is C14H12F2N2OS. The van der Waals surface area contributed by atoms with Crippen molar-refractivity contribution in [3.63, 3.8) is 0 Å². The van der Waals surface area contributed by atoms with E-state index < -0.39 is 17.5 Å². The van der Waals surface area contributed by atoms with Crippen molar-refractivity contribution in [1.29, 1.82) is 0 Å². The standard InChI is InChI=1S/C14H12F2N2OS/c15-8-5-9(16)11(6-10(8)17)18-14(19)13-4-7-2-1-3-12(7)20-13/h4-6H,1-3,17H2,(H,18,19). The van der Waals surface area contributed by atoms with Gasteiger partial charge in [0.25, 0.3) is 5.91 Å². The van der Waals surface area contributed by atoms with Gasteiger partial charge in [-0.05, 0) is 37.0 Å². The Balaban J connectivity index is 1.83. The highest BCUT2D eigenvalue weighted by atomic mass is 32.1. The molecule has 3 rings (SSSR count). The number of aryl methyl sites for hydroxylation is 2. The number of nitrogens with two attached hydrogens (primary N) is 1. The first kappa shape index (κ1) is 13.1. The second kappa shape index (κ2) is 4.86. The van der Waals surface area contributed by atoms with Crippen LogP contribution in [0.3, 0.4) is 0 Å². The Bertz CT molecular complexity index is 675. The van der Waals surface area contributed by atoms with Gasteiger partial charge in [-0.2, -0.15) is 0 Å². The van der Waals surface area contributed by atoms with Crippen LogP contribution in [0.15, 0.2) is 18.2 Å². The number of halogens is 2. The van der Waals surface area contributed by atoms with E-state index in [1.165, 1.54) is 21.8 Å². The quantitative estimate of drug-likeness (QED) is 0.835. The maximum absolute atomic E-state index is 13.6. The molecule has 3 N–H and O–H groups in total. The molecule has 1 aromatic carbocycles. The van der Waals surface area contributed by atoms with Crippen LogP contribution in [0.25, 0.3) is 0 Å². The molecule has 0 unspecified atom stereocenters. The van der Waals surface area contributed by atoms with E-state index in [0.717, 1.165) is 25.3 Å². The van der Waals surface area contributed by atoms with E-state index in [9.17, 15) is 13.6 Å². The first-order valence-corrected chi connectivity index (χ1v) is 7.03. The van der Waals surface area contributed by atoms with Crippen molar-refractivity contribution >= 4 is 28.6 Å². The number of rotatable bonds is 2. The second-order valence-electron chi connectivity index (χ2n) is 4.72. The minimum atomic E-state index is -0.839. The lowest BCUT2D eigenvalue weighted by Gasteiger charge is -2.07. The molecule has 1 aromatic heterocycles. The molecule has 1 amide bonds. The molecule has 1 heterocycles. The Labute approximate surface area is 118 Å². The first-order chi connectivity index (χ1) is 9.54. The summed E-state index contributed by atoms with van der Waals surface area (Å²) < 4.78 is 26.6. The number of hydrogen-bond acceptors (Lipinski definition) is 3. The van der Waals surface area contributed by atoms with Gasteiger partial charge in [0.2, 0.25) is 0 Å². The summed E-state index contributed by atoms with van der Waals surface area (Å²) in [5.74, 6) is -2.07. The van der Waals surface area contributed by atoms with E-state index in [0.29, 0.717) is 10.9 Å². The van der Waals surface area contributed by atoms with Crippen LogP contribution in [-0.2, 0) is 12.8 Å². The molecule has 6 heteroatoms. The molecule has 0 aliphatic heterocycles. The number of fused-ring (bicyclic) bond motifs is 1. The molecule has 0 saturated carbocycles. The lowest BCUT2D eigenvalue weighted by Crippen LogP contribution is -2.12. The van der Waals surface area contributed by atoms with Crippen molar-refractivity contribution in [3.8, 4) is 0 Å². The summed E-state index contributed by atoms with van der Waals surface area (Å²) in [5, 5.41) is 2.43. The lowest BCUT2D eigenvalue weighted by atomic mass is 10.2. The third-order valence-electron chi connectivity index (χ3n) is 3.30. The van der Waals surface area contributed by atoms with E-state index in [1.54, 1.807) is 0 Å². The Morgan fingerprint density at radius 2 is 2.00 bits per heavy atom. The van der Waals surface area contributed by atoms with E-state index in [1.807, 2.05) is 6.07 Å². The van der Waals surface area contributed by atoms with Crippen LogP contribution in [0.5, 0.6) is 0 Å². The van der Waals surface area contributed by atoms with Crippen LogP contribution < -0.4 is 11.1 Å².